The first-order chi connectivity index (χ1) is 11.5. The van der Waals surface area contributed by atoms with Gasteiger partial charge in [0.15, 0.2) is 0 Å². The van der Waals surface area contributed by atoms with Gasteiger partial charge in [0.05, 0.1) is 16.6 Å². The minimum atomic E-state index is -0.911. The highest BCUT2D eigenvalue weighted by molar-refractivity contribution is 6.30. The number of H-pyrrole nitrogens is 1. The van der Waals surface area contributed by atoms with Crippen molar-refractivity contribution in [3.05, 3.63) is 75.0 Å². The van der Waals surface area contributed by atoms with E-state index in [1.165, 1.54) is 0 Å². The molecule has 3 aromatic rings. The standard InChI is InChI=1S/C16H10ClF2N3O2/c17-8-2-1-3-10(4-8)21-22-16(24)12-7-20-14-11(15(12)23)5-9(18)6-13(14)19/h1-7,21H,(H,20,23)(H,22,24). The van der Waals surface area contributed by atoms with E-state index in [1.807, 2.05) is 0 Å². The molecule has 3 rings (SSSR count). The third kappa shape index (κ3) is 3.07. The summed E-state index contributed by atoms with van der Waals surface area (Å²) in [7, 11) is 0. The van der Waals surface area contributed by atoms with Crippen molar-refractivity contribution in [1.82, 2.24) is 10.4 Å². The van der Waals surface area contributed by atoms with Crippen molar-refractivity contribution in [2.45, 2.75) is 0 Å². The number of hydrazine groups is 1. The quantitative estimate of drug-likeness (QED) is 0.636. The number of aromatic nitrogens is 1. The maximum absolute atomic E-state index is 13.6. The van der Waals surface area contributed by atoms with Crippen LogP contribution >= 0.6 is 11.6 Å². The molecule has 1 aromatic heterocycles. The Morgan fingerprint density at radius 2 is 1.96 bits per heavy atom. The molecule has 0 radical (unpaired) electrons. The number of anilines is 1. The third-order valence-electron chi connectivity index (χ3n) is 3.29. The first-order valence-corrected chi connectivity index (χ1v) is 7.16. The van der Waals surface area contributed by atoms with Crippen LogP contribution in [0.4, 0.5) is 14.5 Å². The molecular formula is C16H10ClF2N3O2. The molecule has 0 bridgehead atoms. The number of halogens is 3. The van der Waals surface area contributed by atoms with Crippen LogP contribution in [0.25, 0.3) is 10.9 Å². The smallest absolute Gasteiger partial charge is 0.275 e. The van der Waals surface area contributed by atoms with Crippen molar-refractivity contribution in [2.75, 3.05) is 5.43 Å². The highest BCUT2D eigenvalue weighted by Gasteiger charge is 2.15. The summed E-state index contributed by atoms with van der Waals surface area (Å²) in [6.07, 6.45) is 1.07. The van der Waals surface area contributed by atoms with Crippen molar-refractivity contribution in [2.24, 2.45) is 0 Å². The maximum Gasteiger partial charge on any atom is 0.275 e. The Labute approximate surface area is 139 Å². The Hall–Kier alpha value is -2.93. The van der Waals surface area contributed by atoms with Crippen molar-refractivity contribution in [3.8, 4) is 0 Å². The fraction of sp³-hybridized carbons (Fsp3) is 0. The molecule has 24 heavy (non-hydrogen) atoms. The molecule has 0 aliphatic carbocycles. The second-order valence-electron chi connectivity index (χ2n) is 4.93. The van der Waals surface area contributed by atoms with E-state index < -0.39 is 23.0 Å². The summed E-state index contributed by atoms with van der Waals surface area (Å²) in [5.41, 5.74) is 4.18. The molecule has 0 aliphatic heterocycles. The largest absolute Gasteiger partial charge is 0.358 e. The number of carbonyl (C=O) groups excluding carboxylic acids is 1. The molecule has 0 fully saturated rings. The molecule has 0 atom stereocenters. The number of aromatic amines is 1. The van der Waals surface area contributed by atoms with Gasteiger partial charge in [-0.3, -0.25) is 20.4 Å². The van der Waals surface area contributed by atoms with E-state index in [0.29, 0.717) is 16.8 Å². The van der Waals surface area contributed by atoms with Gasteiger partial charge in [0.25, 0.3) is 5.91 Å². The first kappa shape index (κ1) is 15.9. The van der Waals surface area contributed by atoms with Gasteiger partial charge in [0.1, 0.15) is 17.2 Å². The Balaban J connectivity index is 1.90. The summed E-state index contributed by atoms with van der Waals surface area (Å²) in [4.78, 5) is 26.9. The maximum atomic E-state index is 13.6. The van der Waals surface area contributed by atoms with Gasteiger partial charge in [-0.15, -0.1) is 0 Å². The zero-order valence-electron chi connectivity index (χ0n) is 12.0. The van der Waals surface area contributed by atoms with Crippen molar-refractivity contribution in [3.63, 3.8) is 0 Å². The summed E-state index contributed by atoms with van der Waals surface area (Å²) >= 11 is 5.82. The molecule has 1 amide bonds. The lowest BCUT2D eigenvalue weighted by Crippen LogP contribution is -2.33. The number of benzene rings is 2. The molecule has 0 saturated heterocycles. The van der Waals surface area contributed by atoms with Gasteiger partial charge >= 0.3 is 0 Å². The molecule has 1 heterocycles. The molecule has 0 spiro atoms. The fourth-order valence-corrected chi connectivity index (χ4v) is 2.38. The molecule has 122 valence electrons. The van der Waals surface area contributed by atoms with Gasteiger partial charge in [-0.25, -0.2) is 8.78 Å². The van der Waals surface area contributed by atoms with Crippen molar-refractivity contribution >= 4 is 34.1 Å². The van der Waals surface area contributed by atoms with E-state index in [1.54, 1.807) is 24.3 Å². The number of fused-ring (bicyclic) bond motifs is 1. The average Bonchev–Trinajstić information content (AvgIpc) is 2.54. The second kappa shape index (κ2) is 6.29. The van der Waals surface area contributed by atoms with Crippen molar-refractivity contribution < 1.29 is 13.6 Å². The number of nitrogens with one attached hydrogen (secondary N) is 3. The molecule has 5 nitrogen and oxygen atoms in total. The van der Waals surface area contributed by atoms with Gasteiger partial charge in [0.2, 0.25) is 5.43 Å². The monoisotopic (exact) mass is 349 g/mol. The Morgan fingerprint density at radius 1 is 1.17 bits per heavy atom. The normalized spacial score (nSPS) is 10.6. The van der Waals surface area contributed by atoms with E-state index >= 15 is 0 Å². The molecule has 2 aromatic carbocycles. The van der Waals surface area contributed by atoms with Gasteiger partial charge in [-0.2, -0.15) is 0 Å². The number of hydrogen-bond acceptors (Lipinski definition) is 3. The van der Waals surface area contributed by atoms with Crippen LogP contribution in [0.2, 0.25) is 5.02 Å². The molecule has 3 N–H and O–H groups in total. The van der Waals surface area contributed by atoms with Crippen LogP contribution < -0.4 is 16.3 Å². The number of amides is 1. The zero-order valence-corrected chi connectivity index (χ0v) is 12.7. The predicted molar refractivity (Wildman–Crippen MR) is 87.0 cm³/mol. The number of pyridine rings is 1. The Kier molecular flexibility index (Phi) is 4.18. The number of hydrogen-bond donors (Lipinski definition) is 3. The van der Waals surface area contributed by atoms with E-state index in [4.69, 9.17) is 11.6 Å². The fourth-order valence-electron chi connectivity index (χ4n) is 2.19. The summed E-state index contributed by atoms with van der Waals surface area (Å²) in [6, 6.07) is 8.08. The predicted octanol–water partition coefficient (Wildman–Crippen LogP) is 3.22. The number of carbonyl (C=O) groups is 1. The Morgan fingerprint density at radius 3 is 2.71 bits per heavy atom. The lowest BCUT2D eigenvalue weighted by molar-refractivity contribution is 0.0961. The topological polar surface area (TPSA) is 74.0 Å². The molecule has 0 saturated carbocycles. The van der Waals surface area contributed by atoms with Crippen LogP contribution in [0, 0.1) is 11.6 Å². The van der Waals surface area contributed by atoms with Crippen LogP contribution in [-0.2, 0) is 0 Å². The first-order valence-electron chi connectivity index (χ1n) is 6.78. The summed E-state index contributed by atoms with van der Waals surface area (Å²) in [5, 5.41) is 0.214. The zero-order chi connectivity index (χ0) is 17.3. The minimum absolute atomic E-state index is 0.166. The third-order valence-corrected chi connectivity index (χ3v) is 3.53. The van der Waals surface area contributed by atoms with Crippen molar-refractivity contribution in [1.29, 1.82) is 0 Å². The summed E-state index contributed by atoms with van der Waals surface area (Å²) in [5.74, 6) is -2.57. The van der Waals surface area contributed by atoms with Crippen LogP contribution in [0.1, 0.15) is 10.4 Å². The summed E-state index contributed by atoms with van der Waals surface area (Å²) < 4.78 is 26.9. The van der Waals surface area contributed by atoms with Gasteiger partial charge < -0.3 is 4.98 Å². The lowest BCUT2D eigenvalue weighted by atomic mass is 10.1. The Bertz CT molecular complexity index is 1000. The highest BCUT2D eigenvalue weighted by Crippen LogP contribution is 2.16. The SMILES string of the molecule is O=C(NNc1cccc(Cl)c1)c1c[nH]c2c(F)cc(F)cc2c1=O. The van der Waals surface area contributed by atoms with Crippen LogP contribution in [0.3, 0.4) is 0 Å². The second-order valence-corrected chi connectivity index (χ2v) is 5.37. The van der Waals surface area contributed by atoms with Crippen LogP contribution in [0.5, 0.6) is 0 Å². The van der Waals surface area contributed by atoms with Gasteiger partial charge in [-0.1, -0.05) is 17.7 Å². The van der Waals surface area contributed by atoms with Crippen LogP contribution in [0.15, 0.2) is 47.4 Å². The van der Waals surface area contributed by atoms with Gasteiger partial charge in [-0.05, 0) is 24.3 Å². The molecule has 8 heteroatoms. The highest BCUT2D eigenvalue weighted by atomic mass is 35.5. The molecule has 0 aliphatic rings. The van der Waals surface area contributed by atoms with E-state index in [2.05, 4.69) is 15.8 Å². The molecule has 0 unspecified atom stereocenters. The lowest BCUT2D eigenvalue weighted by Gasteiger charge is -2.09. The molecular weight excluding hydrogens is 340 g/mol. The van der Waals surface area contributed by atoms with Gasteiger partial charge in [0, 0.05) is 17.3 Å². The summed E-state index contributed by atoms with van der Waals surface area (Å²) in [6.45, 7) is 0. The van der Waals surface area contributed by atoms with Crippen LogP contribution in [-0.4, -0.2) is 10.9 Å². The minimum Gasteiger partial charge on any atom is -0.358 e. The van der Waals surface area contributed by atoms with E-state index in [0.717, 1.165) is 12.3 Å². The number of rotatable bonds is 3. The van der Waals surface area contributed by atoms with E-state index in [-0.39, 0.29) is 16.5 Å². The average molecular weight is 350 g/mol. The van der Waals surface area contributed by atoms with E-state index in [9.17, 15) is 18.4 Å².